The summed E-state index contributed by atoms with van der Waals surface area (Å²) in [6.45, 7) is 6.16. The summed E-state index contributed by atoms with van der Waals surface area (Å²) in [5, 5.41) is 9.47. The van der Waals surface area contributed by atoms with Crippen LogP contribution < -0.4 is 25.6 Å². The number of carbonyl (C=O) groups excluding carboxylic acids is 2. The number of ether oxygens (including phenoxy) is 2. The molecule has 3 aromatic rings. The van der Waals surface area contributed by atoms with Crippen molar-refractivity contribution in [2.75, 3.05) is 36.7 Å². The number of fused-ring (bicyclic) bond motifs is 2. The van der Waals surface area contributed by atoms with E-state index >= 15 is 4.39 Å². The van der Waals surface area contributed by atoms with E-state index in [1.165, 1.54) is 13.2 Å². The van der Waals surface area contributed by atoms with Gasteiger partial charge in [-0.15, -0.1) is 0 Å². The van der Waals surface area contributed by atoms with Gasteiger partial charge in [-0.25, -0.2) is 9.18 Å². The molecule has 2 aliphatic rings. The van der Waals surface area contributed by atoms with Gasteiger partial charge in [0.1, 0.15) is 17.0 Å². The molecule has 3 N–H and O–H groups in total. The summed E-state index contributed by atoms with van der Waals surface area (Å²) in [4.78, 5) is 29.6. The molecule has 43 heavy (non-hydrogen) atoms. The zero-order valence-corrected chi connectivity index (χ0v) is 26.4. The largest absolute Gasteiger partial charge is 0.494 e. The van der Waals surface area contributed by atoms with Crippen LogP contribution in [0.1, 0.15) is 44.2 Å². The number of halogens is 3. The Morgan fingerprint density at radius 2 is 1.86 bits per heavy atom. The van der Waals surface area contributed by atoms with E-state index in [2.05, 4.69) is 36.7 Å². The Morgan fingerprint density at radius 1 is 1.12 bits per heavy atom. The average molecular weight is 630 g/mol. The van der Waals surface area contributed by atoms with Crippen molar-refractivity contribution < 1.29 is 23.5 Å². The van der Waals surface area contributed by atoms with Crippen molar-refractivity contribution in [3.05, 3.63) is 81.6 Å². The predicted octanol–water partition coefficient (Wildman–Crippen LogP) is 7.16. The van der Waals surface area contributed by atoms with E-state index in [-0.39, 0.29) is 21.9 Å². The van der Waals surface area contributed by atoms with Gasteiger partial charge in [-0.05, 0) is 53.3 Å². The number of hydrogen-bond donors (Lipinski definition) is 3. The first kappa shape index (κ1) is 30.9. The van der Waals surface area contributed by atoms with Crippen LogP contribution in [0.4, 0.5) is 26.2 Å². The summed E-state index contributed by atoms with van der Waals surface area (Å²) in [6, 6.07) is 14.6. The highest BCUT2D eigenvalue weighted by atomic mass is 35.5. The maximum atomic E-state index is 15.9. The number of carbonyl (C=O) groups is 2. The zero-order chi connectivity index (χ0) is 31.3. The van der Waals surface area contributed by atoms with Crippen LogP contribution in [-0.4, -0.2) is 45.5 Å². The number of benzene rings is 3. The third-order valence-electron chi connectivity index (χ3n) is 8.06. The smallest absolute Gasteiger partial charge is 0.413 e. The van der Waals surface area contributed by atoms with Crippen LogP contribution >= 0.6 is 23.2 Å². The molecule has 2 aliphatic heterocycles. The first-order valence-electron chi connectivity index (χ1n) is 13.9. The summed E-state index contributed by atoms with van der Waals surface area (Å²) in [7, 11) is 5.29. The predicted molar refractivity (Wildman–Crippen MR) is 168 cm³/mol. The fraction of sp³-hybridized carbons (Fsp3) is 0.375. The maximum Gasteiger partial charge on any atom is 0.413 e. The van der Waals surface area contributed by atoms with E-state index in [0.29, 0.717) is 34.1 Å². The van der Waals surface area contributed by atoms with Crippen LogP contribution in [0.15, 0.2) is 54.6 Å². The van der Waals surface area contributed by atoms with Gasteiger partial charge in [-0.2, -0.15) is 0 Å². The Hall–Kier alpha value is -3.53. The summed E-state index contributed by atoms with van der Waals surface area (Å²) < 4.78 is 27.4. The van der Waals surface area contributed by atoms with Crippen molar-refractivity contribution in [2.45, 2.75) is 50.8 Å². The van der Waals surface area contributed by atoms with Crippen LogP contribution in [-0.2, 0) is 14.9 Å². The van der Waals surface area contributed by atoms with Gasteiger partial charge >= 0.3 is 6.09 Å². The SMILES string of the molecule is COc1cc(N(C)C)ccc1NC(=O)O[C@H]1N[C@@H](CC(C)(C)C)[C@@]2(C(=O)Nc3cc(Cl)ccc32)[C@H]1c1cccc(Cl)c1F. The molecule has 0 saturated carbocycles. The van der Waals surface area contributed by atoms with Gasteiger partial charge in [-0.1, -0.05) is 62.2 Å². The van der Waals surface area contributed by atoms with Gasteiger partial charge in [0.15, 0.2) is 6.23 Å². The lowest BCUT2D eigenvalue weighted by Crippen LogP contribution is -2.49. The lowest BCUT2D eigenvalue weighted by atomic mass is 9.63. The van der Waals surface area contributed by atoms with E-state index in [1.54, 1.807) is 42.5 Å². The summed E-state index contributed by atoms with van der Waals surface area (Å²) >= 11 is 12.6. The van der Waals surface area contributed by atoms with Crippen molar-refractivity contribution in [3.63, 3.8) is 0 Å². The van der Waals surface area contributed by atoms with E-state index in [0.717, 1.165) is 5.69 Å². The lowest BCUT2D eigenvalue weighted by molar-refractivity contribution is -0.122. The molecule has 0 aliphatic carbocycles. The average Bonchev–Trinajstić information content (AvgIpc) is 3.38. The second-order valence-electron chi connectivity index (χ2n) is 12.3. The number of anilines is 3. The third kappa shape index (κ3) is 5.61. The number of nitrogens with zero attached hydrogens (tertiary/aromatic N) is 1. The quantitative estimate of drug-likeness (QED) is 0.268. The van der Waals surface area contributed by atoms with Gasteiger partial charge in [-0.3, -0.25) is 15.4 Å². The van der Waals surface area contributed by atoms with Gasteiger partial charge in [0.25, 0.3) is 0 Å². The van der Waals surface area contributed by atoms with Crippen molar-refractivity contribution in [1.29, 1.82) is 0 Å². The van der Waals surface area contributed by atoms with Gasteiger partial charge in [0.2, 0.25) is 5.91 Å². The minimum atomic E-state index is -1.35. The fourth-order valence-electron chi connectivity index (χ4n) is 6.28. The Kier molecular flexibility index (Phi) is 8.28. The number of amides is 2. The molecule has 0 unspecified atom stereocenters. The van der Waals surface area contributed by atoms with Crippen molar-refractivity contribution >= 4 is 52.3 Å². The summed E-state index contributed by atoms with van der Waals surface area (Å²) in [5.74, 6) is -1.58. The highest BCUT2D eigenvalue weighted by Gasteiger charge is 2.66. The minimum absolute atomic E-state index is 0.101. The molecule has 5 rings (SSSR count). The number of methoxy groups -OCH3 is 1. The number of hydrogen-bond acceptors (Lipinski definition) is 6. The highest BCUT2D eigenvalue weighted by Crippen LogP contribution is 2.57. The lowest BCUT2D eigenvalue weighted by Gasteiger charge is -2.37. The summed E-state index contributed by atoms with van der Waals surface area (Å²) in [5.41, 5.74) is 0.983. The monoisotopic (exact) mass is 628 g/mol. The molecule has 0 radical (unpaired) electrons. The Bertz CT molecular complexity index is 1580. The third-order valence-corrected chi connectivity index (χ3v) is 8.59. The van der Waals surface area contributed by atoms with E-state index < -0.39 is 35.5 Å². The van der Waals surface area contributed by atoms with Gasteiger partial charge in [0, 0.05) is 42.6 Å². The normalized spacial score (nSPS) is 22.7. The van der Waals surface area contributed by atoms with Crippen molar-refractivity contribution in [1.82, 2.24) is 5.32 Å². The van der Waals surface area contributed by atoms with Gasteiger partial charge < -0.3 is 19.7 Å². The maximum absolute atomic E-state index is 15.9. The summed E-state index contributed by atoms with van der Waals surface area (Å²) in [6.07, 6.45) is -1.41. The minimum Gasteiger partial charge on any atom is -0.494 e. The highest BCUT2D eigenvalue weighted by molar-refractivity contribution is 6.31. The Morgan fingerprint density at radius 3 is 2.53 bits per heavy atom. The second kappa shape index (κ2) is 11.5. The number of nitrogens with one attached hydrogen (secondary N) is 3. The van der Waals surface area contributed by atoms with Crippen molar-refractivity contribution in [2.24, 2.45) is 5.41 Å². The molecule has 228 valence electrons. The molecule has 1 fully saturated rings. The first-order chi connectivity index (χ1) is 20.3. The zero-order valence-electron chi connectivity index (χ0n) is 24.8. The van der Waals surface area contributed by atoms with Crippen LogP contribution in [0.5, 0.6) is 5.75 Å². The van der Waals surface area contributed by atoms with Crippen molar-refractivity contribution in [3.8, 4) is 5.75 Å². The standard InChI is InChI=1S/C32H35Cl2FN4O4/c1-31(2,3)16-25-32(20-12-10-17(33)14-23(20)36-29(32)40)26(19-8-7-9-21(34)27(19)35)28(38-25)43-30(41)37-22-13-11-18(39(4)5)15-24(22)42-6/h7-15,25-26,28,38H,16H2,1-6H3,(H,36,40)(H,37,41)/t25-,26-,28+,32+/m0/s1. The van der Waals surface area contributed by atoms with Crippen LogP contribution in [0, 0.1) is 11.2 Å². The van der Waals surface area contributed by atoms with E-state index in [4.69, 9.17) is 32.7 Å². The molecule has 2 heterocycles. The van der Waals surface area contributed by atoms with Crippen LogP contribution in [0.25, 0.3) is 0 Å². The molecule has 1 spiro atoms. The van der Waals surface area contributed by atoms with Crippen LogP contribution in [0.2, 0.25) is 10.0 Å². The molecule has 0 aromatic heterocycles. The molecule has 4 atom stereocenters. The first-order valence-corrected chi connectivity index (χ1v) is 14.7. The molecular formula is C32H35Cl2FN4O4. The molecule has 1 saturated heterocycles. The molecule has 3 aromatic carbocycles. The number of rotatable bonds is 6. The van der Waals surface area contributed by atoms with E-state index in [1.807, 2.05) is 25.1 Å². The molecule has 8 nitrogen and oxygen atoms in total. The Labute approximate surface area is 260 Å². The molecule has 2 amide bonds. The molecule has 0 bridgehead atoms. The Balaban J connectivity index is 1.61. The van der Waals surface area contributed by atoms with E-state index in [9.17, 15) is 9.59 Å². The fourth-order valence-corrected chi connectivity index (χ4v) is 6.64. The van der Waals surface area contributed by atoms with Crippen LogP contribution in [0.3, 0.4) is 0 Å². The molecule has 11 heteroatoms. The molecular weight excluding hydrogens is 594 g/mol. The topological polar surface area (TPSA) is 91.9 Å². The second-order valence-corrected chi connectivity index (χ2v) is 13.2. The van der Waals surface area contributed by atoms with Gasteiger partial charge in [0.05, 0.1) is 23.7 Å².